The van der Waals surface area contributed by atoms with Crippen LogP contribution in [0.1, 0.15) is 19.3 Å². The molecule has 0 radical (unpaired) electrons. The normalized spacial score (nSPS) is 15.8. The summed E-state index contributed by atoms with van der Waals surface area (Å²) in [5, 5.41) is 4.26. The Morgan fingerprint density at radius 1 is 1.08 bits per heavy atom. The van der Waals surface area contributed by atoms with E-state index >= 15 is 0 Å². The molecule has 0 aliphatic carbocycles. The lowest BCUT2D eigenvalue weighted by Crippen LogP contribution is -2.42. The van der Waals surface area contributed by atoms with Gasteiger partial charge in [-0.3, -0.25) is 14.5 Å². The van der Waals surface area contributed by atoms with Crippen LogP contribution in [0.25, 0.3) is 22.3 Å². The number of primary amides is 1. The van der Waals surface area contributed by atoms with E-state index in [1.54, 1.807) is 31.3 Å². The maximum absolute atomic E-state index is 11.7. The number of ether oxygens (including phenoxy) is 2. The van der Waals surface area contributed by atoms with Crippen molar-refractivity contribution in [2.24, 2.45) is 18.7 Å². The third kappa shape index (κ3) is 6.12. The van der Waals surface area contributed by atoms with Gasteiger partial charge in [-0.05, 0) is 50.6 Å². The summed E-state index contributed by atoms with van der Waals surface area (Å²) in [5.74, 6) is 1.17. The van der Waals surface area contributed by atoms with Crippen molar-refractivity contribution in [3.63, 3.8) is 0 Å². The topological polar surface area (TPSA) is 112 Å². The number of piperidine rings is 1. The molecular weight excluding hydrogens is 494 g/mol. The Morgan fingerprint density at radius 3 is 2.56 bits per heavy atom. The highest BCUT2D eigenvalue weighted by Crippen LogP contribution is 2.34. The Balaban J connectivity index is 1.45. The highest BCUT2D eigenvalue weighted by Gasteiger charge is 2.24. The number of anilines is 2. The molecule has 10 nitrogen and oxygen atoms in total. The number of nitrogens with two attached hydrogens (primary N) is 1. The monoisotopic (exact) mass is 529 g/mol. The fraction of sp³-hybridized carbons (Fsp3) is 0.379. The Morgan fingerprint density at radius 2 is 1.87 bits per heavy atom. The SMILES string of the molecule is COc1cc(OC)cc(N(CCCN2CCCC(C(N)=O)C2)c2ccc3ncc(-c4cnn(C)c4)nc3c2)c1. The molecule has 1 amide bonds. The Hall–Kier alpha value is -4.18. The molecule has 204 valence electrons. The number of nitrogens with zero attached hydrogens (tertiary/aromatic N) is 6. The van der Waals surface area contributed by atoms with Gasteiger partial charge in [-0.25, -0.2) is 4.98 Å². The fourth-order valence-electron chi connectivity index (χ4n) is 5.16. The highest BCUT2D eigenvalue weighted by atomic mass is 16.5. The maximum Gasteiger partial charge on any atom is 0.221 e. The van der Waals surface area contributed by atoms with Crippen molar-refractivity contribution in [3.05, 3.63) is 55.0 Å². The summed E-state index contributed by atoms with van der Waals surface area (Å²) in [6.45, 7) is 3.33. The van der Waals surface area contributed by atoms with Crippen LogP contribution in [0.3, 0.4) is 0 Å². The standard InChI is InChI=1S/C29H35N7O3/c1-34-18-21(16-32-34)28-17-31-26-8-7-22(14-27(26)33-28)36(23-12-24(38-2)15-25(13-23)39-3)11-5-10-35-9-4-6-20(19-35)29(30)37/h7-8,12-18,20H,4-6,9-11,19H2,1-3H3,(H2,30,37). The van der Waals surface area contributed by atoms with Crippen molar-refractivity contribution < 1.29 is 14.3 Å². The van der Waals surface area contributed by atoms with E-state index in [1.807, 2.05) is 37.5 Å². The molecule has 1 unspecified atom stereocenters. The van der Waals surface area contributed by atoms with Crippen molar-refractivity contribution in [2.45, 2.75) is 19.3 Å². The molecule has 5 rings (SSSR count). The molecule has 0 saturated carbocycles. The molecule has 1 aliphatic rings. The van der Waals surface area contributed by atoms with Gasteiger partial charge in [-0.15, -0.1) is 0 Å². The number of benzene rings is 2. The quantitative estimate of drug-likeness (QED) is 0.330. The van der Waals surface area contributed by atoms with Gasteiger partial charge in [0.05, 0.1) is 49.3 Å². The minimum atomic E-state index is -0.201. The zero-order valence-electron chi connectivity index (χ0n) is 22.7. The summed E-state index contributed by atoms with van der Waals surface area (Å²) in [6, 6.07) is 12.0. The molecule has 4 aromatic rings. The lowest BCUT2D eigenvalue weighted by Gasteiger charge is -2.32. The van der Waals surface area contributed by atoms with Crippen LogP contribution < -0.4 is 20.1 Å². The van der Waals surface area contributed by atoms with Crippen LogP contribution in [0.2, 0.25) is 0 Å². The molecule has 3 heterocycles. The number of carbonyl (C=O) groups excluding carboxylic acids is 1. The molecule has 2 aromatic heterocycles. The van der Waals surface area contributed by atoms with Crippen LogP contribution in [-0.2, 0) is 11.8 Å². The number of aryl methyl sites for hydroxylation is 1. The molecule has 2 aromatic carbocycles. The summed E-state index contributed by atoms with van der Waals surface area (Å²) in [7, 11) is 5.19. The van der Waals surface area contributed by atoms with Crippen molar-refractivity contribution >= 4 is 28.3 Å². The number of methoxy groups -OCH3 is 2. The first kappa shape index (κ1) is 26.4. The van der Waals surface area contributed by atoms with E-state index in [0.717, 1.165) is 79.1 Å². The molecule has 1 atom stereocenters. The average molecular weight is 530 g/mol. The van der Waals surface area contributed by atoms with Gasteiger partial charge >= 0.3 is 0 Å². The molecule has 1 aliphatic heterocycles. The first-order valence-electron chi connectivity index (χ1n) is 13.2. The predicted molar refractivity (Wildman–Crippen MR) is 151 cm³/mol. The van der Waals surface area contributed by atoms with Crippen LogP contribution in [0.5, 0.6) is 11.5 Å². The van der Waals surface area contributed by atoms with Crippen LogP contribution in [0.4, 0.5) is 11.4 Å². The second kappa shape index (κ2) is 11.7. The zero-order valence-corrected chi connectivity index (χ0v) is 22.7. The van der Waals surface area contributed by atoms with Crippen LogP contribution in [0.15, 0.2) is 55.0 Å². The van der Waals surface area contributed by atoms with Crippen molar-refractivity contribution in [3.8, 4) is 22.8 Å². The molecular formula is C29H35N7O3. The second-order valence-electron chi connectivity index (χ2n) is 9.95. The molecule has 1 fully saturated rings. The summed E-state index contributed by atoms with van der Waals surface area (Å²) >= 11 is 0. The summed E-state index contributed by atoms with van der Waals surface area (Å²) < 4.78 is 12.9. The maximum atomic E-state index is 11.7. The number of carbonyl (C=O) groups is 1. The molecule has 2 N–H and O–H groups in total. The zero-order chi connectivity index (χ0) is 27.4. The minimum absolute atomic E-state index is 0.0643. The van der Waals surface area contributed by atoms with Crippen LogP contribution >= 0.6 is 0 Å². The minimum Gasteiger partial charge on any atom is -0.497 e. The summed E-state index contributed by atoms with van der Waals surface area (Å²) in [4.78, 5) is 25.9. The van der Waals surface area contributed by atoms with Crippen molar-refractivity contribution in [1.29, 1.82) is 0 Å². The lowest BCUT2D eigenvalue weighted by atomic mass is 9.97. The Labute approximate surface area is 228 Å². The Kier molecular flexibility index (Phi) is 7.92. The van der Waals surface area contributed by atoms with E-state index in [2.05, 4.69) is 32.0 Å². The number of likely N-dealkylation sites (tertiary alicyclic amines) is 1. The lowest BCUT2D eigenvalue weighted by molar-refractivity contribution is -0.123. The van der Waals surface area contributed by atoms with Crippen LogP contribution in [-0.4, -0.2) is 71.0 Å². The summed E-state index contributed by atoms with van der Waals surface area (Å²) in [6.07, 6.45) is 8.26. The van der Waals surface area contributed by atoms with Crippen LogP contribution in [0, 0.1) is 5.92 Å². The number of aromatic nitrogens is 4. The predicted octanol–water partition coefficient (Wildman–Crippen LogP) is 3.77. The van der Waals surface area contributed by atoms with Gasteiger partial charge in [-0.2, -0.15) is 5.10 Å². The van der Waals surface area contributed by atoms with E-state index < -0.39 is 0 Å². The smallest absolute Gasteiger partial charge is 0.221 e. The third-order valence-electron chi connectivity index (χ3n) is 7.25. The number of hydrogen-bond donors (Lipinski definition) is 1. The first-order chi connectivity index (χ1) is 18.9. The van der Waals surface area contributed by atoms with Gasteiger partial charge in [0.2, 0.25) is 5.91 Å². The van der Waals surface area contributed by atoms with E-state index in [9.17, 15) is 4.79 Å². The average Bonchev–Trinajstić information content (AvgIpc) is 3.40. The first-order valence-corrected chi connectivity index (χ1v) is 13.2. The Bertz CT molecular complexity index is 1430. The van der Waals surface area contributed by atoms with Crippen molar-refractivity contribution in [2.75, 3.05) is 45.3 Å². The fourth-order valence-corrected chi connectivity index (χ4v) is 5.16. The molecule has 39 heavy (non-hydrogen) atoms. The molecule has 0 bridgehead atoms. The van der Waals surface area contributed by atoms with E-state index in [4.69, 9.17) is 20.2 Å². The largest absolute Gasteiger partial charge is 0.497 e. The second-order valence-corrected chi connectivity index (χ2v) is 9.95. The molecule has 0 spiro atoms. The summed E-state index contributed by atoms with van der Waals surface area (Å²) in [5.41, 5.74) is 10.9. The van der Waals surface area contributed by atoms with Gasteiger partial charge in [0, 0.05) is 61.5 Å². The van der Waals surface area contributed by atoms with Gasteiger partial charge in [-0.1, -0.05) is 0 Å². The highest BCUT2D eigenvalue weighted by molar-refractivity contribution is 5.82. The number of fused-ring (bicyclic) bond motifs is 1. The van der Waals surface area contributed by atoms with E-state index in [0.29, 0.717) is 11.5 Å². The van der Waals surface area contributed by atoms with E-state index in [1.165, 1.54) is 0 Å². The van der Waals surface area contributed by atoms with Gasteiger partial charge in [0.15, 0.2) is 0 Å². The third-order valence-corrected chi connectivity index (χ3v) is 7.25. The van der Waals surface area contributed by atoms with E-state index in [-0.39, 0.29) is 11.8 Å². The number of amides is 1. The van der Waals surface area contributed by atoms with Crippen molar-refractivity contribution in [1.82, 2.24) is 24.6 Å². The number of hydrogen-bond acceptors (Lipinski definition) is 8. The molecule has 10 heteroatoms. The van der Waals surface area contributed by atoms with Gasteiger partial charge < -0.3 is 25.0 Å². The van der Waals surface area contributed by atoms with Gasteiger partial charge in [0.25, 0.3) is 0 Å². The number of rotatable bonds is 10. The molecule has 1 saturated heterocycles. The van der Waals surface area contributed by atoms with Gasteiger partial charge in [0.1, 0.15) is 11.5 Å².